The lowest BCUT2D eigenvalue weighted by Crippen LogP contribution is -2.04. The first kappa shape index (κ1) is 11.2. The molecule has 0 N–H and O–H groups in total. The molecule has 0 spiro atoms. The van der Waals surface area contributed by atoms with Crippen LogP contribution in [0.5, 0.6) is 5.75 Å². The van der Waals surface area contributed by atoms with Crippen molar-refractivity contribution < 1.29 is 4.74 Å². The second kappa shape index (κ2) is 4.71. The maximum Gasteiger partial charge on any atom is 0.136 e. The zero-order chi connectivity index (χ0) is 12.3. The highest BCUT2D eigenvalue weighted by atomic mass is 16.5. The first-order valence-corrected chi connectivity index (χ1v) is 5.30. The summed E-state index contributed by atoms with van der Waals surface area (Å²) in [6, 6.07) is 9.62. The van der Waals surface area contributed by atoms with Crippen LogP contribution in [0.3, 0.4) is 0 Å². The van der Waals surface area contributed by atoms with Gasteiger partial charge in [-0.15, -0.1) is 0 Å². The average molecular weight is 227 g/mol. The number of ether oxygens (including phenoxy) is 1. The lowest BCUT2D eigenvalue weighted by atomic mass is 10.1. The molecule has 0 unspecified atom stereocenters. The van der Waals surface area contributed by atoms with E-state index in [4.69, 9.17) is 10.00 Å². The Hall–Kier alpha value is -2.28. The first-order chi connectivity index (χ1) is 8.24. The lowest BCUT2D eigenvalue weighted by Gasteiger charge is -2.07. The summed E-state index contributed by atoms with van der Waals surface area (Å²) < 4.78 is 7.08. The van der Waals surface area contributed by atoms with Gasteiger partial charge in [-0.25, -0.2) is 0 Å². The molecule has 4 heteroatoms. The van der Waals surface area contributed by atoms with Crippen LogP contribution in [-0.4, -0.2) is 16.9 Å². The van der Waals surface area contributed by atoms with Crippen molar-refractivity contribution in [1.82, 2.24) is 9.78 Å². The quantitative estimate of drug-likeness (QED) is 0.807. The van der Waals surface area contributed by atoms with Crippen LogP contribution in [0.2, 0.25) is 0 Å². The Balaban J connectivity index is 2.29. The Morgan fingerprint density at radius 3 is 2.82 bits per heavy atom. The van der Waals surface area contributed by atoms with Crippen LogP contribution >= 0.6 is 0 Å². The number of aryl methyl sites for hydroxylation is 1. The fourth-order valence-electron chi connectivity index (χ4n) is 1.66. The molecule has 0 aliphatic carbocycles. The fourth-order valence-corrected chi connectivity index (χ4v) is 1.66. The summed E-state index contributed by atoms with van der Waals surface area (Å²) in [5.41, 5.74) is 2.72. The molecule has 0 atom stereocenters. The van der Waals surface area contributed by atoms with Gasteiger partial charge in [0.1, 0.15) is 11.8 Å². The maximum absolute atomic E-state index is 8.89. The van der Waals surface area contributed by atoms with Gasteiger partial charge in [-0.05, 0) is 30.7 Å². The normalized spacial score (nSPS) is 9.94. The number of hydrogen-bond donors (Lipinski definition) is 0. The van der Waals surface area contributed by atoms with E-state index in [0.717, 1.165) is 11.3 Å². The molecule has 0 fully saturated rings. The van der Waals surface area contributed by atoms with Gasteiger partial charge in [0, 0.05) is 11.9 Å². The first-order valence-electron chi connectivity index (χ1n) is 5.30. The highest BCUT2D eigenvalue weighted by molar-refractivity contribution is 5.45. The molecule has 86 valence electrons. The minimum absolute atomic E-state index is 0.549. The largest absolute Gasteiger partial charge is 0.495 e. The van der Waals surface area contributed by atoms with Crippen molar-refractivity contribution in [3.05, 3.63) is 47.3 Å². The summed E-state index contributed by atoms with van der Waals surface area (Å²) in [7, 11) is 1.57. The molecule has 0 saturated heterocycles. The smallest absolute Gasteiger partial charge is 0.136 e. The molecular formula is C13H13N3O. The summed E-state index contributed by atoms with van der Waals surface area (Å²) in [5.74, 6) is 0.606. The minimum atomic E-state index is 0.549. The van der Waals surface area contributed by atoms with Gasteiger partial charge in [0.2, 0.25) is 0 Å². The molecule has 17 heavy (non-hydrogen) atoms. The number of methoxy groups -OCH3 is 1. The van der Waals surface area contributed by atoms with Crippen molar-refractivity contribution in [2.75, 3.05) is 7.11 Å². The average Bonchev–Trinajstić information content (AvgIpc) is 2.75. The molecule has 0 bridgehead atoms. The van der Waals surface area contributed by atoms with Crippen LogP contribution in [0.15, 0.2) is 30.5 Å². The monoisotopic (exact) mass is 227 g/mol. The number of aromatic nitrogens is 2. The molecule has 4 nitrogen and oxygen atoms in total. The van der Waals surface area contributed by atoms with Crippen LogP contribution in [0.1, 0.15) is 16.8 Å². The highest BCUT2D eigenvalue weighted by Gasteiger charge is 2.05. The van der Waals surface area contributed by atoms with Crippen LogP contribution in [0.4, 0.5) is 0 Å². The second-order valence-electron chi connectivity index (χ2n) is 3.78. The molecular weight excluding hydrogens is 214 g/mol. The SMILES string of the molecule is COc1cc(Cn2nccc2C)ccc1C#N. The number of hydrogen-bond acceptors (Lipinski definition) is 3. The second-order valence-corrected chi connectivity index (χ2v) is 3.78. The predicted molar refractivity (Wildman–Crippen MR) is 63.8 cm³/mol. The van der Waals surface area contributed by atoms with Gasteiger partial charge in [-0.1, -0.05) is 6.07 Å². The zero-order valence-electron chi connectivity index (χ0n) is 9.84. The van der Waals surface area contributed by atoms with Crippen molar-refractivity contribution in [2.45, 2.75) is 13.5 Å². The van der Waals surface area contributed by atoms with Crippen molar-refractivity contribution in [3.8, 4) is 11.8 Å². The maximum atomic E-state index is 8.89. The Kier molecular flexibility index (Phi) is 3.10. The Bertz CT molecular complexity index is 566. The molecule has 1 heterocycles. The lowest BCUT2D eigenvalue weighted by molar-refractivity contribution is 0.412. The molecule has 2 rings (SSSR count). The Morgan fingerprint density at radius 1 is 1.41 bits per heavy atom. The van der Waals surface area contributed by atoms with Gasteiger partial charge < -0.3 is 4.74 Å². The van der Waals surface area contributed by atoms with Crippen molar-refractivity contribution in [1.29, 1.82) is 5.26 Å². The zero-order valence-corrected chi connectivity index (χ0v) is 9.84. The van der Waals surface area contributed by atoms with E-state index in [0.29, 0.717) is 17.9 Å². The van der Waals surface area contributed by atoms with Gasteiger partial charge in [-0.2, -0.15) is 10.4 Å². The Morgan fingerprint density at radius 2 is 2.24 bits per heavy atom. The molecule has 1 aromatic carbocycles. The number of nitrogens with zero attached hydrogens (tertiary/aromatic N) is 3. The van der Waals surface area contributed by atoms with E-state index in [1.54, 1.807) is 19.4 Å². The number of rotatable bonds is 3. The van der Waals surface area contributed by atoms with E-state index in [9.17, 15) is 0 Å². The summed E-state index contributed by atoms with van der Waals surface area (Å²) in [5, 5.41) is 13.1. The van der Waals surface area contributed by atoms with E-state index < -0.39 is 0 Å². The summed E-state index contributed by atoms with van der Waals surface area (Å²) in [6.45, 7) is 2.69. The molecule has 2 aromatic rings. The number of benzene rings is 1. The van der Waals surface area contributed by atoms with Gasteiger partial charge in [0.25, 0.3) is 0 Å². The van der Waals surface area contributed by atoms with Crippen LogP contribution in [0.25, 0.3) is 0 Å². The van der Waals surface area contributed by atoms with Gasteiger partial charge in [-0.3, -0.25) is 4.68 Å². The highest BCUT2D eigenvalue weighted by Crippen LogP contribution is 2.19. The van der Waals surface area contributed by atoms with Crippen molar-refractivity contribution in [3.63, 3.8) is 0 Å². The van der Waals surface area contributed by atoms with Crippen LogP contribution in [-0.2, 0) is 6.54 Å². The predicted octanol–water partition coefficient (Wildman–Crippen LogP) is 2.12. The molecule has 0 amide bonds. The van der Waals surface area contributed by atoms with E-state index in [1.807, 2.05) is 29.8 Å². The van der Waals surface area contributed by atoms with Gasteiger partial charge in [0.15, 0.2) is 0 Å². The molecule has 0 aliphatic heterocycles. The molecule has 0 radical (unpaired) electrons. The summed E-state index contributed by atoms with van der Waals surface area (Å²) in [6.07, 6.45) is 1.77. The van der Waals surface area contributed by atoms with E-state index in [1.165, 1.54) is 0 Å². The van der Waals surface area contributed by atoms with E-state index in [2.05, 4.69) is 11.2 Å². The van der Waals surface area contributed by atoms with Gasteiger partial charge in [0.05, 0.1) is 19.2 Å². The third-order valence-electron chi connectivity index (χ3n) is 2.65. The van der Waals surface area contributed by atoms with E-state index in [-0.39, 0.29) is 0 Å². The molecule has 0 aliphatic rings. The third-order valence-corrected chi connectivity index (χ3v) is 2.65. The Labute approximate surface area is 100 Å². The van der Waals surface area contributed by atoms with Crippen molar-refractivity contribution >= 4 is 0 Å². The van der Waals surface area contributed by atoms with Crippen LogP contribution < -0.4 is 4.74 Å². The molecule has 1 aromatic heterocycles. The third kappa shape index (κ3) is 2.28. The number of nitriles is 1. The minimum Gasteiger partial charge on any atom is -0.495 e. The standard InChI is InChI=1S/C13H13N3O/c1-10-5-6-15-16(10)9-11-3-4-12(8-14)13(7-11)17-2/h3-7H,9H2,1-2H3. The van der Waals surface area contributed by atoms with E-state index >= 15 is 0 Å². The summed E-state index contributed by atoms with van der Waals surface area (Å²) >= 11 is 0. The van der Waals surface area contributed by atoms with Crippen molar-refractivity contribution in [2.24, 2.45) is 0 Å². The molecule has 0 saturated carbocycles. The van der Waals surface area contributed by atoms with Crippen LogP contribution in [0, 0.1) is 18.3 Å². The fraction of sp³-hybridized carbons (Fsp3) is 0.231. The topological polar surface area (TPSA) is 50.8 Å². The van der Waals surface area contributed by atoms with Gasteiger partial charge >= 0.3 is 0 Å². The summed E-state index contributed by atoms with van der Waals surface area (Å²) in [4.78, 5) is 0.